The van der Waals surface area contributed by atoms with Gasteiger partial charge < -0.3 is 15.1 Å². The number of benzene rings is 2. The first kappa shape index (κ1) is 28.5. The van der Waals surface area contributed by atoms with Gasteiger partial charge in [0.2, 0.25) is 0 Å². The first-order valence-corrected chi connectivity index (χ1v) is 14.3. The van der Waals surface area contributed by atoms with Crippen molar-refractivity contribution in [1.29, 1.82) is 0 Å². The first-order chi connectivity index (χ1) is 18.3. The minimum atomic E-state index is 0.326. The lowest BCUT2D eigenvalue weighted by Gasteiger charge is -1.99. The van der Waals surface area contributed by atoms with E-state index in [4.69, 9.17) is 5.11 Å². The molecule has 4 aromatic rings. The van der Waals surface area contributed by atoms with Crippen LogP contribution in [0.2, 0.25) is 0 Å². The average Bonchev–Trinajstić information content (AvgIpc) is 3.54. The SMILES string of the molecule is CC/C=C\C/C=C\CCCCCc1c[nH]c2ccccc12.OCCCCCCc1c[nH]c2ccccc12. The fourth-order valence-electron chi connectivity index (χ4n) is 4.77. The normalized spacial score (nSPS) is 11.6. The average molecular weight is 499 g/mol. The van der Waals surface area contributed by atoms with E-state index in [0.717, 1.165) is 32.1 Å². The van der Waals surface area contributed by atoms with Crippen molar-refractivity contribution in [2.75, 3.05) is 6.61 Å². The van der Waals surface area contributed by atoms with Crippen molar-refractivity contribution in [3.05, 3.63) is 96.4 Å². The van der Waals surface area contributed by atoms with Gasteiger partial charge in [-0.05, 0) is 81.0 Å². The lowest BCUT2D eigenvalue weighted by atomic mass is 10.1. The number of aliphatic hydroxyl groups is 1. The van der Waals surface area contributed by atoms with E-state index in [9.17, 15) is 0 Å². The number of allylic oxidation sites excluding steroid dienone is 4. The van der Waals surface area contributed by atoms with Crippen LogP contribution in [0.25, 0.3) is 21.8 Å². The second kappa shape index (κ2) is 17.4. The number of hydrogen-bond acceptors (Lipinski definition) is 1. The molecule has 0 unspecified atom stereocenters. The van der Waals surface area contributed by atoms with Gasteiger partial charge in [0.05, 0.1) is 0 Å². The van der Waals surface area contributed by atoms with Gasteiger partial charge in [-0.15, -0.1) is 0 Å². The van der Waals surface area contributed by atoms with Crippen LogP contribution in [0.5, 0.6) is 0 Å². The highest BCUT2D eigenvalue weighted by Gasteiger charge is 2.03. The van der Waals surface area contributed by atoms with Crippen LogP contribution < -0.4 is 0 Å². The number of aryl methyl sites for hydroxylation is 2. The van der Waals surface area contributed by atoms with Crippen LogP contribution in [-0.2, 0) is 12.8 Å². The number of hydrogen-bond donors (Lipinski definition) is 3. The smallest absolute Gasteiger partial charge is 0.0456 e. The molecule has 198 valence electrons. The molecule has 2 aromatic carbocycles. The summed E-state index contributed by atoms with van der Waals surface area (Å²) in [5.74, 6) is 0. The number of nitrogens with one attached hydrogen (secondary N) is 2. The van der Waals surface area contributed by atoms with E-state index >= 15 is 0 Å². The van der Waals surface area contributed by atoms with Gasteiger partial charge in [-0.25, -0.2) is 0 Å². The van der Waals surface area contributed by atoms with Crippen molar-refractivity contribution in [3.8, 4) is 0 Å². The Morgan fingerprint density at radius 2 is 1.16 bits per heavy atom. The van der Waals surface area contributed by atoms with E-state index in [0.29, 0.717) is 6.61 Å². The molecule has 2 heterocycles. The zero-order valence-electron chi connectivity index (χ0n) is 22.7. The van der Waals surface area contributed by atoms with Gasteiger partial charge in [0.25, 0.3) is 0 Å². The van der Waals surface area contributed by atoms with Gasteiger partial charge in [-0.3, -0.25) is 0 Å². The molecule has 0 fully saturated rings. The Kier molecular flexibility index (Phi) is 13.4. The van der Waals surface area contributed by atoms with Gasteiger partial charge in [-0.2, -0.15) is 0 Å². The molecule has 0 saturated heterocycles. The zero-order valence-corrected chi connectivity index (χ0v) is 22.7. The van der Waals surface area contributed by atoms with E-state index in [1.54, 1.807) is 0 Å². The Hall–Kier alpha value is -3.04. The Bertz CT molecular complexity index is 1200. The van der Waals surface area contributed by atoms with Crippen LogP contribution in [0, 0.1) is 0 Å². The molecular formula is C34H46N2O. The van der Waals surface area contributed by atoms with Crippen LogP contribution in [-0.4, -0.2) is 21.7 Å². The van der Waals surface area contributed by atoms with E-state index in [2.05, 4.69) is 102 Å². The van der Waals surface area contributed by atoms with Gasteiger partial charge >= 0.3 is 0 Å². The van der Waals surface area contributed by atoms with Crippen molar-refractivity contribution >= 4 is 21.8 Å². The van der Waals surface area contributed by atoms with Crippen LogP contribution in [0.4, 0.5) is 0 Å². The van der Waals surface area contributed by atoms with Crippen molar-refractivity contribution in [1.82, 2.24) is 9.97 Å². The lowest BCUT2D eigenvalue weighted by Crippen LogP contribution is -1.86. The first-order valence-electron chi connectivity index (χ1n) is 14.3. The number of H-pyrrole nitrogens is 2. The Morgan fingerprint density at radius 3 is 1.76 bits per heavy atom. The van der Waals surface area contributed by atoms with Gasteiger partial charge in [0.15, 0.2) is 0 Å². The third-order valence-electron chi connectivity index (χ3n) is 6.86. The summed E-state index contributed by atoms with van der Waals surface area (Å²) in [4.78, 5) is 6.66. The third kappa shape index (κ3) is 10.1. The molecule has 0 saturated carbocycles. The predicted molar refractivity (Wildman–Crippen MR) is 161 cm³/mol. The van der Waals surface area contributed by atoms with E-state index < -0.39 is 0 Å². The van der Waals surface area contributed by atoms with Crippen molar-refractivity contribution in [2.45, 2.75) is 84.0 Å². The standard InChI is InChI=1S/C20H27N.C14H19NO/c1-2-3-4-5-6-7-8-9-10-11-14-18-17-21-20-16-13-12-15-19(18)20;16-10-6-2-1-3-7-12-11-15-14-9-5-4-8-13(12)14/h3-4,6-7,12-13,15-17,21H,2,5,8-11,14H2,1H3;4-5,8-9,11,15-16H,1-3,6-7,10H2/b4-3-,7-6-;. The predicted octanol–water partition coefficient (Wildman–Crippen LogP) is 9.45. The quantitative estimate of drug-likeness (QED) is 0.111. The van der Waals surface area contributed by atoms with Crippen molar-refractivity contribution in [3.63, 3.8) is 0 Å². The molecule has 3 heteroatoms. The summed E-state index contributed by atoms with van der Waals surface area (Å²) in [6, 6.07) is 17.0. The summed E-state index contributed by atoms with van der Waals surface area (Å²) in [5, 5.41) is 11.4. The summed E-state index contributed by atoms with van der Waals surface area (Å²) in [5.41, 5.74) is 5.37. The highest BCUT2D eigenvalue weighted by molar-refractivity contribution is 5.83. The maximum absolute atomic E-state index is 8.69. The molecule has 0 spiro atoms. The second-order valence-corrected chi connectivity index (χ2v) is 9.79. The second-order valence-electron chi connectivity index (χ2n) is 9.79. The van der Waals surface area contributed by atoms with Gasteiger partial charge in [-0.1, -0.05) is 86.9 Å². The molecule has 0 aliphatic heterocycles. The summed E-state index contributed by atoms with van der Waals surface area (Å²) in [6.45, 7) is 2.50. The summed E-state index contributed by atoms with van der Waals surface area (Å²) >= 11 is 0. The summed E-state index contributed by atoms with van der Waals surface area (Å²) < 4.78 is 0. The molecule has 4 rings (SSSR count). The monoisotopic (exact) mass is 498 g/mol. The summed E-state index contributed by atoms with van der Waals surface area (Å²) in [7, 11) is 0. The number of fused-ring (bicyclic) bond motifs is 2. The fraction of sp³-hybridized carbons (Fsp3) is 0.412. The van der Waals surface area contributed by atoms with Crippen LogP contribution in [0.15, 0.2) is 85.2 Å². The maximum Gasteiger partial charge on any atom is 0.0456 e. The molecule has 0 aliphatic rings. The molecule has 0 bridgehead atoms. The van der Waals surface area contributed by atoms with E-state index in [1.807, 2.05) is 0 Å². The molecule has 3 nitrogen and oxygen atoms in total. The number of aliphatic hydroxyl groups excluding tert-OH is 1. The third-order valence-corrected chi connectivity index (χ3v) is 6.86. The van der Waals surface area contributed by atoms with Gasteiger partial charge in [0.1, 0.15) is 0 Å². The van der Waals surface area contributed by atoms with Crippen LogP contribution in [0.1, 0.15) is 82.3 Å². The molecule has 0 aliphatic carbocycles. The molecule has 0 atom stereocenters. The fourth-order valence-corrected chi connectivity index (χ4v) is 4.77. The minimum Gasteiger partial charge on any atom is -0.396 e. The number of rotatable bonds is 15. The number of aromatic amines is 2. The maximum atomic E-state index is 8.69. The van der Waals surface area contributed by atoms with E-state index in [-0.39, 0.29) is 0 Å². The molecule has 0 amide bonds. The molecule has 37 heavy (non-hydrogen) atoms. The number of para-hydroxylation sites is 2. The molecule has 2 aromatic heterocycles. The number of aromatic nitrogens is 2. The topological polar surface area (TPSA) is 51.8 Å². The zero-order chi connectivity index (χ0) is 26.0. The van der Waals surface area contributed by atoms with Gasteiger partial charge in [0, 0.05) is 40.8 Å². The molecule has 3 N–H and O–H groups in total. The molecular weight excluding hydrogens is 452 g/mol. The van der Waals surface area contributed by atoms with Crippen molar-refractivity contribution < 1.29 is 5.11 Å². The number of unbranched alkanes of at least 4 members (excludes halogenated alkanes) is 6. The molecule has 0 radical (unpaired) electrons. The highest BCUT2D eigenvalue weighted by atomic mass is 16.2. The van der Waals surface area contributed by atoms with Crippen molar-refractivity contribution in [2.24, 2.45) is 0 Å². The Labute approximate surface area is 223 Å². The summed E-state index contributed by atoms with van der Waals surface area (Å²) in [6.07, 6.45) is 27.5. The Balaban J connectivity index is 0.000000213. The van der Waals surface area contributed by atoms with E-state index in [1.165, 1.54) is 77.9 Å². The van der Waals surface area contributed by atoms with Crippen LogP contribution in [0.3, 0.4) is 0 Å². The Morgan fingerprint density at radius 1 is 0.622 bits per heavy atom. The van der Waals surface area contributed by atoms with Crippen LogP contribution >= 0.6 is 0 Å². The lowest BCUT2D eigenvalue weighted by molar-refractivity contribution is 0.282. The minimum absolute atomic E-state index is 0.326. The highest BCUT2D eigenvalue weighted by Crippen LogP contribution is 2.21. The largest absolute Gasteiger partial charge is 0.396 e.